The van der Waals surface area contributed by atoms with E-state index in [-0.39, 0.29) is 5.97 Å². The molecule has 72 valence electrons. The predicted octanol–water partition coefficient (Wildman–Crippen LogP) is 3.48. The molecule has 4 heteroatoms. The van der Waals surface area contributed by atoms with Crippen LogP contribution in [0.25, 0.3) is 10.1 Å². The van der Waals surface area contributed by atoms with Crippen LogP contribution in [0.3, 0.4) is 0 Å². The molecule has 0 amide bonds. The molecular formula is C10H7ClO2S. The fourth-order valence-corrected chi connectivity index (χ4v) is 2.42. The Bertz CT molecular complexity index is 490. The predicted molar refractivity (Wildman–Crippen MR) is 58.1 cm³/mol. The Hall–Kier alpha value is -1.06. The van der Waals surface area contributed by atoms with Gasteiger partial charge in [-0.05, 0) is 12.1 Å². The van der Waals surface area contributed by atoms with Crippen molar-refractivity contribution in [2.75, 3.05) is 0 Å². The Morgan fingerprint density at radius 2 is 2.29 bits per heavy atom. The average molecular weight is 227 g/mol. The SMILES string of the molecule is CC(=O)Oc1csc2c(Cl)cccc12. The van der Waals surface area contributed by atoms with E-state index in [1.165, 1.54) is 18.3 Å². The quantitative estimate of drug-likeness (QED) is 0.696. The molecule has 0 atom stereocenters. The molecule has 2 aromatic rings. The van der Waals surface area contributed by atoms with E-state index in [0.29, 0.717) is 10.8 Å². The van der Waals surface area contributed by atoms with Crippen LogP contribution in [-0.2, 0) is 4.79 Å². The largest absolute Gasteiger partial charge is 0.425 e. The molecule has 2 rings (SSSR count). The number of esters is 1. The lowest BCUT2D eigenvalue weighted by Crippen LogP contribution is -2.00. The monoisotopic (exact) mass is 226 g/mol. The van der Waals surface area contributed by atoms with Crippen molar-refractivity contribution >= 4 is 39.0 Å². The third-order valence-corrected chi connectivity index (χ3v) is 3.20. The van der Waals surface area contributed by atoms with E-state index >= 15 is 0 Å². The van der Waals surface area contributed by atoms with Gasteiger partial charge in [-0.1, -0.05) is 17.7 Å². The highest BCUT2D eigenvalue weighted by Crippen LogP contribution is 2.36. The van der Waals surface area contributed by atoms with Crippen molar-refractivity contribution in [2.24, 2.45) is 0 Å². The molecule has 0 bridgehead atoms. The van der Waals surface area contributed by atoms with E-state index in [1.807, 2.05) is 18.2 Å². The summed E-state index contributed by atoms with van der Waals surface area (Å²) in [4.78, 5) is 10.8. The summed E-state index contributed by atoms with van der Waals surface area (Å²) in [6.07, 6.45) is 0. The molecule has 0 saturated carbocycles. The Morgan fingerprint density at radius 1 is 1.50 bits per heavy atom. The number of thiophene rings is 1. The van der Waals surface area contributed by atoms with Gasteiger partial charge in [-0.3, -0.25) is 4.79 Å². The van der Waals surface area contributed by atoms with E-state index in [0.717, 1.165) is 10.1 Å². The van der Waals surface area contributed by atoms with Crippen LogP contribution in [0.5, 0.6) is 5.75 Å². The first-order valence-electron chi connectivity index (χ1n) is 4.02. The number of carbonyl (C=O) groups is 1. The summed E-state index contributed by atoms with van der Waals surface area (Å²) in [5.74, 6) is 0.268. The second kappa shape index (κ2) is 3.59. The standard InChI is InChI=1S/C10H7ClO2S/c1-6(12)13-9-5-14-10-7(9)3-2-4-8(10)11/h2-5H,1H3. The zero-order valence-electron chi connectivity index (χ0n) is 7.41. The minimum Gasteiger partial charge on any atom is -0.425 e. The van der Waals surface area contributed by atoms with Gasteiger partial charge in [0, 0.05) is 17.7 Å². The molecule has 1 aromatic heterocycles. The number of ether oxygens (including phenoxy) is 1. The van der Waals surface area contributed by atoms with Crippen molar-refractivity contribution in [1.29, 1.82) is 0 Å². The number of hydrogen-bond donors (Lipinski definition) is 0. The molecule has 0 fully saturated rings. The van der Waals surface area contributed by atoms with Gasteiger partial charge in [0.15, 0.2) is 0 Å². The summed E-state index contributed by atoms with van der Waals surface area (Å²) in [5, 5.41) is 3.36. The Kier molecular flexibility index (Phi) is 2.44. The molecule has 1 heterocycles. The summed E-state index contributed by atoms with van der Waals surface area (Å²) in [5.41, 5.74) is 0. The molecule has 0 aliphatic rings. The van der Waals surface area contributed by atoms with Crippen molar-refractivity contribution < 1.29 is 9.53 Å². The van der Waals surface area contributed by atoms with E-state index in [1.54, 1.807) is 5.38 Å². The van der Waals surface area contributed by atoms with Crippen molar-refractivity contribution in [3.63, 3.8) is 0 Å². The number of carbonyl (C=O) groups excluding carboxylic acids is 1. The van der Waals surface area contributed by atoms with Crippen LogP contribution in [0.4, 0.5) is 0 Å². The maximum absolute atomic E-state index is 10.8. The molecule has 0 aliphatic heterocycles. The third kappa shape index (κ3) is 1.61. The summed E-state index contributed by atoms with van der Waals surface area (Å²) >= 11 is 7.45. The Labute approximate surface area is 90.1 Å². The second-order valence-electron chi connectivity index (χ2n) is 2.81. The first-order valence-corrected chi connectivity index (χ1v) is 5.28. The van der Waals surface area contributed by atoms with Gasteiger partial charge >= 0.3 is 5.97 Å². The number of hydrogen-bond acceptors (Lipinski definition) is 3. The fraction of sp³-hybridized carbons (Fsp3) is 0.100. The van der Waals surface area contributed by atoms with Crippen LogP contribution in [0.2, 0.25) is 5.02 Å². The van der Waals surface area contributed by atoms with Gasteiger partial charge in [0.2, 0.25) is 0 Å². The van der Waals surface area contributed by atoms with Crippen molar-refractivity contribution in [3.05, 3.63) is 28.6 Å². The van der Waals surface area contributed by atoms with E-state index in [9.17, 15) is 4.79 Å². The smallest absolute Gasteiger partial charge is 0.308 e. The second-order valence-corrected chi connectivity index (χ2v) is 4.10. The fourth-order valence-electron chi connectivity index (χ4n) is 1.23. The third-order valence-electron chi connectivity index (χ3n) is 1.77. The summed E-state index contributed by atoms with van der Waals surface area (Å²) < 4.78 is 5.98. The minimum absolute atomic E-state index is 0.315. The lowest BCUT2D eigenvalue weighted by Gasteiger charge is -1.98. The minimum atomic E-state index is -0.315. The Balaban J connectivity index is 2.58. The molecule has 0 spiro atoms. The van der Waals surface area contributed by atoms with Gasteiger partial charge in [-0.25, -0.2) is 0 Å². The van der Waals surface area contributed by atoms with Gasteiger partial charge in [-0.15, -0.1) is 11.3 Å². The molecule has 0 saturated heterocycles. The van der Waals surface area contributed by atoms with Gasteiger partial charge < -0.3 is 4.74 Å². The highest BCUT2D eigenvalue weighted by molar-refractivity contribution is 7.18. The first-order chi connectivity index (χ1) is 6.68. The van der Waals surface area contributed by atoms with Crippen molar-refractivity contribution in [2.45, 2.75) is 6.92 Å². The van der Waals surface area contributed by atoms with Crippen molar-refractivity contribution in [3.8, 4) is 5.75 Å². The van der Waals surface area contributed by atoms with Gasteiger partial charge in [0.1, 0.15) is 5.75 Å². The zero-order valence-corrected chi connectivity index (χ0v) is 8.98. The van der Waals surface area contributed by atoms with Crippen LogP contribution >= 0.6 is 22.9 Å². The molecule has 0 aliphatic carbocycles. The summed E-state index contributed by atoms with van der Waals surface area (Å²) in [6.45, 7) is 1.38. The molecule has 1 aromatic carbocycles. The topological polar surface area (TPSA) is 26.3 Å². The van der Waals surface area contributed by atoms with Gasteiger partial charge in [0.25, 0.3) is 0 Å². The molecule has 0 radical (unpaired) electrons. The van der Waals surface area contributed by atoms with E-state index in [2.05, 4.69) is 0 Å². The number of rotatable bonds is 1. The average Bonchev–Trinajstić information content (AvgIpc) is 2.49. The van der Waals surface area contributed by atoms with Crippen LogP contribution in [-0.4, -0.2) is 5.97 Å². The van der Waals surface area contributed by atoms with Crippen LogP contribution in [0, 0.1) is 0 Å². The maximum Gasteiger partial charge on any atom is 0.308 e. The summed E-state index contributed by atoms with van der Waals surface area (Å²) in [6, 6.07) is 5.54. The Morgan fingerprint density at radius 3 is 3.00 bits per heavy atom. The van der Waals surface area contributed by atoms with Gasteiger partial charge in [0.05, 0.1) is 9.72 Å². The van der Waals surface area contributed by atoms with Crippen LogP contribution in [0.15, 0.2) is 23.6 Å². The zero-order chi connectivity index (χ0) is 10.1. The van der Waals surface area contributed by atoms with E-state index < -0.39 is 0 Å². The van der Waals surface area contributed by atoms with Crippen molar-refractivity contribution in [1.82, 2.24) is 0 Å². The van der Waals surface area contributed by atoms with Gasteiger partial charge in [-0.2, -0.15) is 0 Å². The molecule has 0 N–H and O–H groups in total. The molecule has 2 nitrogen and oxygen atoms in total. The highest BCUT2D eigenvalue weighted by Gasteiger charge is 2.08. The molecular weight excluding hydrogens is 220 g/mol. The molecule has 14 heavy (non-hydrogen) atoms. The van der Waals surface area contributed by atoms with E-state index in [4.69, 9.17) is 16.3 Å². The number of fused-ring (bicyclic) bond motifs is 1. The van der Waals surface area contributed by atoms with Crippen LogP contribution < -0.4 is 4.74 Å². The summed E-state index contributed by atoms with van der Waals surface area (Å²) in [7, 11) is 0. The first kappa shape index (κ1) is 9.49. The molecule has 0 unspecified atom stereocenters. The lowest BCUT2D eigenvalue weighted by molar-refractivity contribution is -0.131. The van der Waals surface area contributed by atoms with Crippen LogP contribution in [0.1, 0.15) is 6.92 Å². The number of benzene rings is 1. The highest BCUT2D eigenvalue weighted by atomic mass is 35.5. The maximum atomic E-state index is 10.8. The normalized spacial score (nSPS) is 10.4. The lowest BCUT2D eigenvalue weighted by atomic mass is 10.2. The number of halogens is 1.